The molecule has 2 atom stereocenters. The highest BCUT2D eigenvalue weighted by Gasteiger charge is 2.26. The van der Waals surface area contributed by atoms with E-state index in [0.717, 1.165) is 0 Å². The summed E-state index contributed by atoms with van der Waals surface area (Å²) in [4.78, 5) is 42.3. The molecule has 0 bridgehead atoms. The second-order valence-electron chi connectivity index (χ2n) is 5.62. The predicted molar refractivity (Wildman–Crippen MR) is 90.4 cm³/mol. The average Bonchev–Trinajstić information content (AvgIpc) is 3.06. The van der Waals surface area contributed by atoms with Gasteiger partial charge >= 0.3 is 5.97 Å². The third-order valence-electron chi connectivity index (χ3n) is 3.56. The van der Waals surface area contributed by atoms with Crippen LogP contribution in [0.15, 0.2) is 12.5 Å². The van der Waals surface area contributed by atoms with Crippen LogP contribution in [-0.4, -0.2) is 58.0 Å². The van der Waals surface area contributed by atoms with Gasteiger partial charge in [-0.15, -0.1) is 0 Å². The fraction of sp³-hybridized carbons (Fsp3) is 0.600. The number of nitrogens with zero attached hydrogens (tertiary/aromatic N) is 1. The largest absolute Gasteiger partial charge is 0.480 e. The van der Waals surface area contributed by atoms with Gasteiger partial charge in [0.25, 0.3) is 0 Å². The Hall–Kier alpha value is -2.46. The number of carboxylic acid groups (broad SMARTS) is 1. The summed E-state index contributed by atoms with van der Waals surface area (Å²) in [5.74, 6) is -2.07. The van der Waals surface area contributed by atoms with Crippen LogP contribution >= 0.6 is 0 Å². The number of hydrogen-bond acceptors (Lipinski definition) is 6. The van der Waals surface area contributed by atoms with Gasteiger partial charge in [-0.05, 0) is 25.8 Å². The van der Waals surface area contributed by atoms with Crippen LogP contribution in [0.5, 0.6) is 0 Å². The fourth-order valence-electron chi connectivity index (χ4n) is 2.25. The van der Waals surface area contributed by atoms with Crippen molar-refractivity contribution in [3.63, 3.8) is 0 Å². The van der Waals surface area contributed by atoms with Gasteiger partial charge in [0.15, 0.2) is 0 Å². The zero-order chi connectivity index (χ0) is 18.7. The molecule has 0 unspecified atom stereocenters. The molecule has 1 heterocycles. The van der Waals surface area contributed by atoms with E-state index >= 15 is 0 Å². The summed E-state index contributed by atoms with van der Waals surface area (Å²) >= 11 is 0. The van der Waals surface area contributed by atoms with E-state index in [1.165, 1.54) is 12.5 Å². The Labute approximate surface area is 145 Å². The standard InChI is InChI=1S/C15H26N6O4/c16-5-2-1-3-11(15(24)25)21-14(23)12(20-13(22)4-6-17)7-10-8-18-9-19-10/h8-9,11-12H,1-7,16-17H2,(H,18,19)(H,20,22)(H,21,23)(H,24,25)/t11-,12-/m0/s1. The summed E-state index contributed by atoms with van der Waals surface area (Å²) in [5.41, 5.74) is 11.4. The number of nitrogens with two attached hydrogens (primary N) is 2. The molecular weight excluding hydrogens is 328 g/mol. The average molecular weight is 354 g/mol. The third kappa shape index (κ3) is 7.77. The molecule has 10 nitrogen and oxygen atoms in total. The fourth-order valence-corrected chi connectivity index (χ4v) is 2.25. The summed E-state index contributed by atoms with van der Waals surface area (Å²) in [6.07, 6.45) is 4.75. The third-order valence-corrected chi connectivity index (χ3v) is 3.56. The van der Waals surface area contributed by atoms with E-state index in [9.17, 15) is 19.5 Å². The van der Waals surface area contributed by atoms with Crippen LogP contribution in [0.3, 0.4) is 0 Å². The molecule has 8 N–H and O–H groups in total. The number of unbranched alkanes of at least 4 members (excludes halogenated alkanes) is 1. The van der Waals surface area contributed by atoms with Crippen LogP contribution in [0.1, 0.15) is 31.4 Å². The molecule has 0 saturated heterocycles. The van der Waals surface area contributed by atoms with Gasteiger partial charge < -0.3 is 32.2 Å². The number of amides is 2. The molecule has 0 spiro atoms. The minimum Gasteiger partial charge on any atom is -0.480 e. The first-order valence-electron chi connectivity index (χ1n) is 8.17. The number of carbonyl (C=O) groups excluding carboxylic acids is 2. The van der Waals surface area contributed by atoms with Crippen LogP contribution in [0.25, 0.3) is 0 Å². The molecule has 2 amide bonds. The summed E-state index contributed by atoms with van der Waals surface area (Å²) in [6, 6.07) is -1.95. The molecule has 0 aliphatic carbocycles. The van der Waals surface area contributed by atoms with Gasteiger partial charge in [0.2, 0.25) is 11.8 Å². The number of carboxylic acids is 1. The number of hydrogen-bond donors (Lipinski definition) is 6. The second-order valence-corrected chi connectivity index (χ2v) is 5.62. The van der Waals surface area contributed by atoms with Gasteiger partial charge in [-0.1, -0.05) is 0 Å². The first-order chi connectivity index (χ1) is 12.0. The number of rotatable bonds is 12. The minimum atomic E-state index is -1.13. The summed E-state index contributed by atoms with van der Waals surface area (Å²) in [6.45, 7) is 0.610. The molecule has 0 aliphatic heterocycles. The lowest BCUT2D eigenvalue weighted by Crippen LogP contribution is -2.52. The van der Waals surface area contributed by atoms with Crippen molar-refractivity contribution < 1.29 is 19.5 Å². The van der Waals surface area contributed by atoms with Gasteiger partial charge in [-0.2, -0.15) is 0 Å². The lowest BCUT2D eigenvalue weighted by Gasteiger charge is -2.21. The molecule has 1 rings (SSSR count). The maximum absolute atomic E-state index is 12.5. The molecule has 0 saturated carbocycles. The Morgan fingerprint density at radius 3 is 2.48 bits per heavy atom. The predicted octanol–water partition coefficient (Wildman–Crippen LogP) is -1.52. The molecule has 0 aliphatic rings. The van der Waals surface area contributed by atoms with Crippen molar-refractivity contribution in [2.24, 2.45) is 11.5 Å². The normalized spacial score (nSPS) is 13.0. The molecule has 0 radical (unpaired) electrons. The lowest BCUT2D eigenvalue weighted by molar-refractivity contribution is -0.142. The molecule has 1 aromatic heterocycles. The molecule has 0 fully saturated rings. The van der Waals surface area contributed by atoms with Gasteiger partial charge in [0.1, 0.15) is 12.1 Å². The van der Waals surface area contributed by atoms with Crippen LogP contribution in [0.2, 0.25) is 0 Å². The van der Waals surface area contributed by atoms with Crippen LogP contribution in [0, 0.1) is 0 Å². The molecule has 140 valence electrons. The molecule has 0 aromatic carbocycles. The summed E-state index contributed by atoms with van der Waals surface area (Å²) in [5, 5.41) is 14.3. The zero-order valence-corrected chi connectivity index (χ0v) is 14.0. The van der Waals surface area contributed by atoms with Crippen molar-refractivity contribution in [2.75, 3.05) is 13.1 Å². The van der Waals surface area contributed by atoms with Gasteiger partial charge in [0, 0.05) is 31.3 Å². The smallest absolute Gasteiger partial charge is 0.326 e. The Bertz CT molecular complexity index is 548. The molecular formula is C15H26N6O4. The highest BCUT2D eigenvalue weighted by atomic mass is 16.4. The number of aliphatic carboxylic acids is 1. The Kier molecular flexibility index (Phi) is 9.19. The summed E-state index contributed by atoms with van der Waals surface area (Å²) in [7, 11) is 0. The molecule has 1 aromatic rings. The van der Waals surface area contributed by atoms with E-state index < -0.39 is 24.0 Å². The monoisotopic (exact) mass is 354 g/mol. The van der Waals surface area contributed by atoms with Crippen molar-refractivity contribution in [2.45, 2.75) is 44.2 Å². The number of nitrogens with one attached hydrogen (secondary N) is 3. The topological polar surface area (TPSA) is 176 Å². The summed E-state index contributed by atoms with van der Waals surface area (Å²) < 4.78 is 0. The van der Waals surface area contributed by atoms with Crippen LogP contribution in [0.4, 0.5) is 0 Å². The SMILES string of the molecule is NCCCC[C@H](NC(=O)[C@H](Cc1cnc[nH]1)NC(=O)CCN)C(=O)O. The van der Waals surface area contributed by atoms with E-state index in [-0.39, 0.29) is 31.7 Å². The maximum atomic E-state index is 12.5. The quantitative estimate of drug-likeness (QED) is 0.247. The van der Waals surface area contributed by atoms with E-state index in [4.69, 9.17) is 11.5 Å². The number of aromatic amines is 1. The first-order valence-corrected chi connectivity index (χ1v) is 8.17. The van der Waals surface area contributed by atoms with E-state index in [1.54, 1.807) is 0 Å². The van der Waals surface area contributed by atoms with E-state index in [1.807, 2.05) is 0 Å². The maximum Gasteiger partial charge on any atom is 0.326 e. The van der Waals surface area contributed by atoms with E-state index in [2.05, 4.69) is 20.6 Å². The van der Waals surface area contributed by atoms with Crippen LogP contribution in [-0.2, 0) is 20.8 Å². The van der Waals surface area contributed by atoms with Crippen molar-refractivity contribution in [3.05, 3.63) is 18.2 Å². The van der Waals surface area contributed by atoms with Crippen molar-refractivity contribution >= 4 is 17.8 Å². The van der Waals surface area contributed by atoms with Gasteiger partial charge in [0.05, 0.1) is 6.33 Å². The Balaban J connectivity index is 2.74. The molecule has 25 heavy (non-hydrogen) atoms. The van der Waals surface area contributed by atoms with E-state index in [0.29, 0.717) is 25.1 Å². The van der Waals surface area contributed by atoms with Crippen molar-refractivity contribution in [1.29, 1.82) is 0 Å². The van der Waals surface area contributed by atoms with Gasteiger partial charge in [-0.25, -0.2) is 9.78 Å². The number of imidazole rings is 1. The minimum absolute atomic E-state index is 0.0750. The number of H-pyrrole nitrogens is 1. The zero-order valence-electron chi connectivity index (χ0n) is 14.0. The van der Waals surface area contributed by atoms with Crippen molar-refractivity contribution in [1.82, 2.24) is 20.6 Å². The lowest BCUT2D eigenvalue weighted by atomic mass is 10.1. The van der Waals surface area contributed by atoms with Crippen molar-refractivity contribution in [3.8, 4) is 0 Å². The van der Waals surface area contributed by atoms with Crippen LogP contribution < -0.4 is 22.1 Å². The molecule has 10 heteroatoms. The Morgan fingerprint density at radius 2 is 1.92 bits per heavy atom. The highest BCUT2D eigenvalue weighted by Crippen LogP contribution is 2.04. The highest BCUT2D eigenvalue weighted by molar-refractivity contribution is 5.90. The number of aromatic nitrogens is 2. The second kappa shape index (κ2) is 11.2. The number of carbonyl (C=O) groups is 3. The van der Waals surface area contributed by atoms with Gasteiger partial charge in [-0.3, -0.25) is 9.59 Å². The first kappa shape index (κ1) is 20.6. The Morgan fingerprint density at radius 1 is 1.16 bits per heavy atom.